The minimum Gasteiger partial charge on any atom is -0.393 e. The second kappa shape index (κ2) is 3.76. The van der Waals surface area contributed by atoms with E-state index in [1.807, 2.05) is 0 Å². The van der Waals surface area contributed by atoms with Gasteiger partial charge in [-0.3, -0.25) is 9.59 Å². The van der Waals surface area contributed by atoms with E-state index in [0.29, 0.717) is 19.3 Å². The van der Waals surface area contributed by atoms with E-state index in [1.54, 1.807) is 6.92 Å². The Labute approximate surface area is 88.0 Å². The summed E-state index contributed by atoms with van der Waals surface area (Å²) in [6, 6.07) is 0. The summed E-state index contributed by atoms with van der Waals surface area (Å²) in [5, 5.41) is 0. The zero-order valence-corrected chi connectivity index (χ0v) is 8.69. The van der Waals surface area contributed by atoms with Crippen LogP contribution in [0.15, 0.2) is 0 Å². The van der Waals surface area contributed by atoms with Gasteiger partial charge < -0.3 is 9.53 Å². The highest BCUT2D eigenvalue weighted by molar-refractivity contribution is 5.96. The molecule has 0 radical (unpaired) electrons. The van der Waals surface area contributed by atoms with Gasteiger partial charge in [0.25, 0.3) is 0 Å². The maximum atomic E-state index is 11.3. The standard InChI is InChI=1S/C11H14O4/c1-6(12)4-7-2-3-8-9(5-7)11(14)15-10(8)13/h7-9H,2-5H2,1H3. The van der Waals surface area contributed by atoms with E-state index in [9.17, 15) is 14.4 Å². The second-order valence-electron chi connectivity index (χ2n) is 4.54. The van der Waals surface area contributed by atoms with Gasteiger partial charge in [-0.1, -0.05) is 0 Å². The number of ketones is 1. The number of cyclic esters (lactones) is 2. The molecule has 82 valence electrons. The normalized spacial score (nSPS) is 34.9. The van der Waals surface area contributed by atoms with Crippen LogP contribution < -0.4 is 0 Å². The van der Waals surface area contributed by atoms with Crippen LogP contribution in [-0.4, -0.2) is 17.7 Å². The summed E-state index contributed by atoms with van der Waals surface area (Å²) in [7, 11) is 0. The van der Waals surface area contributed by atoms with E-state index in [1.165, 1.54) is 0 Å². The maximum Gasteiger partial charge on any atom is 0.317 e. The predicted octanol–water partition coefficient (Wildman–Crippen LogP) is 1.08. The molecule has 0 bridgehead atoms. The number of hydrogen-bond acceptors (Lipinski definition) is 4. The van der Waals surface area contributed by atoms with Crippen molar-refractivity contribution in [3.63, 3.8) is 0 Å². The molecule has 1 heterocycles. The third-order valence-corrected chi connectivity index (χ3v) is 3.34. The highest BCUT2D eigenvalue weighted by atomic mass is 16.6. The SMILES string of the molecule is CC(=O)CC1CCC2C(=O)OC(=O)C2C1. The molecule has 1 aliphatic carbocycles. The molecular weight excluding hydrogens is 196 g/mol. The Kier molecular flexibility index (Phi) is 2.59. The smallest absolute Gasteiger partial charge is 0.317 e. The van der Waals surface area contributed by atoms with Gasteiger partial charge in [0.2, 0.25) is 0 Å². The lowest BCUT2D eigenvalue weighted by Gasteiger charge is -2.26. The number of Topliss-reactive ketones (excluding diaryl/α,β-unsaturated/α-hetero) is 1. The molecular formula is C11H14O4. The summed E-state index contributed by atoms with van der Waals surface area (Å²) >= 11 is 0. The van der Waals surface area contributed by atoms with Crippen molar-refractivity contribution in [1.29, 1.82) is 0 Å². The van der Waals surface area contributed by atoms with Gasteiger partial charge in [0.15, 0.2) is 0 Å². The third-order valence-electron chi connectivity index (χ3n) is 3.34. The van der Waals surface area contributed by atoms with Crippen LogP contribution in [0.5, 0.6) is 0 Å². The third kappa shape index (κ3) is 1.94. The van der Waals surface area contributed by atoms with Crippen molar-refractivity contribution >= 4 is 17.7 Å². The zero-order valence-electron chi connectivity index (χ0n) is 8.69. The molecule has 4 heteroatoms. The van der Waals surface area contributed by atoms with E-state index in [0.717, 1.165) is 6.42 Å². The summed E-state index contributed by atoms with van der Waals surface area (Å²) in [5.74, 6) is -0.876. The van der Waals surface area contributed by atoms with Gasteiger partial charge in [0, 0.05) is 6.42 Å². The van der Waals surface area contributed by atoms with Crippen LogP contribution in [0.2, 0.25) is 0 Å². The average Bonchev–Trinajstić information content (AvgIpc) is 2.41. The van der Waals surface area contributed by atoms with Crippen LogP contribution in [0.25, 0.3) is 0 Å². The molecule has 2 rings (SSSR count). The number of esters is 2. The maximum absolute atomic E-state index is 11.3. The van der Waals surface area contributed by atoms with Crippen molar-refractivity contribution in [2.45, 2.75) is 32.6 Å². The lowest BCUT2D eigenvalue weighted by molar-refractivity contribution is -0.153. The Balaban J connectivity index is 2.02. The summed E-state index contributed by atoms with van der Waals surface area (Å²) < 4.78 is 4.60. The Morgan fingerprint density at radius 1 is 1.27 bits per heavy atom. The van der Waals surface area contributed by atoms with E-state index >= 15 is 0 Å². The summed E-state index contributed by atoms with van der Waals surface area (Å²) in [4.78, 5) is 33.5. The highest BCUT2D eigenvalue weighted by Crippen LogP contribution is 2.40. The number of hydrogen-bond donors (Lipinski definition) is 0. The first-order valence-electron chi connectivity index (χ1n) is 5.33. The minimum absolute atomic E-state index is 0.149. The monoisotopic (exact) mass is 210 g/mol. The van der Waals surface area contributed by atoms with Crippen LogP contribution in [0.3, 0.4) is 0 Å². The Morgan fingerprint density at radius 3 is 2.60 bits per heavy atom. The van der Waals surface area contributed by atoms with Crippen molar-refractivity contribution in [3.8, 4) is 0 Å². The van der Waals surface area contributed by atoms with Crippen LogP contribution in [0, 0.1) is 17.8 Å². The lowest BCUT2D eigenvalue weighted by Crippen LogP contribution is -2.27. The molecule has 2 aliphatic rings. The molecule has 0 amide bonds. The molecule has 2 fully saturated rings. The van der Waals surface area contributed by atoms with Gasteiger partial charge in [0.1, 0.15) is 5.78 Å². The number of carbonyl (C=O) groups excluding carboxylic acids is 3. The molecule has 0 aromatic rings. The van der Waals surface area contributed by atoms with Gasteiger partial charge in [-0.15, -0.1) is 0 Å². The van der Waals surface area contributed by atoms with Crippen molar-refractivity contribution < 1.29 is 19.1 Å². The van der Waals surface area contributed by atoms with Gasteiger partial charge in [0.05, 0.1) is 11.8 Å². The van der Waals surface area contributed by atoms with Crippen LogP contribution >= 0.6 is 0 Å². The number of fused-ring (bicyclic) bond motifs is 1. The topological polar surface area (TPSA) is 60.4 Å². The molecule has 1 aliphatic heterocycles. The molecule has 0 aromatic carbocycles. The number of carbonyl (C=O) groups is 3. The fourth-order valence-corrected chi connectivity index (χ4v) is 2.64. The zero-order chi connectivity index (χ0) is 11.0. The Hall–Kier alpha value is -1.19. The largest absolute Gasteiger partial charge is 0.393 e. The van der Waals surface area contributed by atoms with E-state index < -0.39 is 5.97 Å². The molecule has 0 aromatic heterocycles. The van der Waals surface area contributed by atoms with Gasteiger partial charge in [-0.25, -0.2) is 0 Å². The Morgan fingerprint density at radius 2 is 1.93 bits per heavy atom. The average molecular weight is 210 g/mol. The highest BCUT2D eigenvalue weighted by Gasteiger charge is 2.47. The first-order valence-corrected chi connectivity index (χ1v) is 5.33. The lowest BCUT2D eigenvalue weighted by atomic mass is 9.74. The molecule has 3 unspecified atom stereocenters. The van der Waals surface area contributed by atoms with Crippen molar-refractivity contribution in [2.24, 2.45) is 17.8 Å². The molecule has 1 saturated heterocycles. The van der Waals surface area contributed by atoms with E-state index in [-0.39, 0.29) is 29.5 Å². The Bertz CT molecular complexity index is 321. The van der Waals surface area contributed by atoms with Crippen LogP contribution in [0.1, 0.15) is 32.6 Å². The summed E-state index contributed by atoms with van der Waals surface area (Å²) in [6.45, 7) is 1.56. The summed E-state index contributed by atoms with van der Waals surface area (Å²) in [6.07, 6.45) is 2.69. The molecule has 0 spiro atoms. The number of rotatable bonds is 2. The molecule has 3 atom stereocenters. The van der Waals surface area contributed by atoms with Crippen molar-refractivity contribution in [2.75, 3.05) is 0 Å². The molecule has 4 nitrogen and oxygen atoms in total. The van der Waals surface area contributed by atoms with Gasteiger partial charge in [-0.2, -0.15) is 0 Å². The molecule has 1 saturated carbocycles. The quantitative estimate of drug-likeness (QED) is 0.505. The number of ether oxygens (including phenoxy) is 1. The fraction of sp³-hybridized carbons (Fsp3) is 0.727. The van der Waals surface area contributed by atoms with Crippen LogP contribution in [-0.2, 0) is 19.1 Å². The van der Waals surface area contributed by atoms with E-state index in [4.69, 9.17) is 0 Å². The van der Waals surface area contributed by atoms with Gasteiger partial charge in [-0.05, 0) is 32.1 Å². The van der Waals surface area contributed by atoms with Crippen molar-refractivity contribution in [1.82, 2.24) is 0 Å². The first kappa shape index (κ1) is 10.3. The minimum atomic E-state index is -0.391. The van der Waals surface area contributed by atoms with Gasteiger partial charge >= 0.3 is 11.9 Å². The van der Waals surface area contributed by atoms with E-state index in [2.05, 4.69) is 4.74 Å². The molecule has 15 heavy (non-hydrogen) atoms. The first-order chi connectivity index (χ1) is 7.08. The second-order valence-corrected chi connectivity index (χ2v) is 4.54. The summed E-state index contributed by atoms with van der Waals surface area (Å²) in [5.41, 5.74) is 0. The fourth-order valence-electron chi connectivity index (χ4n) is 2.64. The molecule has 0 N–H and O–H groups in total. The predicted molar refractivity (Wildman–Crippen MR) is 50.7 cm³/mol. The van der Waals surface area contributed by atoms with Crippen molar-refractivity contribution in [3.05, 3.63) is 0 Å². The van der Waals surface area contributed by atoms with Crippen LogP contribution in [0.4, 0.5) is 0 Å².